The Morgan fingerprint density at radius 3 is 2.33 bits per heavy atom. The number of hydrogen-bond acceptors (Lipinski definition) is 3. The topological polar surface area (TPSA) is 27.3 Å². The van der Waals surface area contributed by atoms with Crippen molar-refractivity contribution in [1.82, 2.24) is 15.5 Å². The van der Waals surface area contributed by atoms with Gasteiger partial charge in [-0.1, -0.05) is 12.8 Å². The molecule has 3 nitrogen and oxygen atoms in total. The minimum absolute atomic E-state index is 1.07. The molecule has 15 heavy (non-hydrogen) atoms. The van der Waals surface area contributed by atoms with E-state index >= 15 is 0 Å². The molecule has 1 aliphatic rings. The largest absolute Gasteiger partial charge is 0.318 e. The summed E-state index contributed by atoms with van der Waals surface area (Å²) in [5.74, 6) is 0. The minimum Gasteiger partial charge on any atom is -0.318 e. The summed E-state index contributed by atoms with van der Waals surface area (Å²) in [7, 11) is 2.00. The summed E-state index contributed by atoms with van der Waals surface area (Å²) in [6.45, 7) is 7.28. The molecular formula is C12H27N3. The van der Waals surface area contributed by atoms with E-state index in [2.05, 4.69) is 15.5 Å². The van der Waals surface area contributed by atoms with Crippen molar-refractivity contribution >= 4 is 0 Å². The van der Waals surface area contributed by atoms with Crippen molar-refractivity contribution in [2.24, 2.45) is 0 Å². The maximum Gasteiger partial charge on any atom is 0.00766 e. The van der Waals surface area contributed by atoms with Crippen molar-refractivity contribution in [2.45, 2.75) is 32.1 Å². The van der Waals surface area contributed by atoms with Gasteiger partial charge in [-0.3, -0.25) is 0 Å². The van der Waals surface area contributed by atoms with Crippen LogP contribution in [-0.4, -0.2) is 51.2 Å². The minimum atomic E-state index is 1.07. The van der Waals surface area contributed by atoms with Crippen LogP contribution < -0.4 is 10.6 Å². The van der Waals surface area contributed by atoms with Crippen LogP contribution in [0, 0.1) is 0 Å². The molecule has 0 aromatic heterocycles. The van der Waals surface area contributed by atoms with Gasteiger partial charge in [-0.05, 0) is 52.5 Å². The van der Waals surface area contributed by atoms with Crippen molar-refractivity contribution in [3.05, 3.63) is 0 Å². The second kappa shape index (κ2) is 9.13. The molecule has 0 saturated carbocycles. The first kappa shape index (κ1) is 12.9. The smallest absolute Gasteiger partial charge is 0.00766 e. The fourth-order valence-electron chi connectivity index (χ4n) is 2.13. The average Bonchev–Trinajstić information content (AvgIpc) is 2.52. The van der Waals surface area contributed by atoms with Gasteiger partial charge in [-0.15, -0.1) is 0 Å². The molecule has 0 amide bonds. The van der Waals surface area contributed by atoms with Crippen molar-refractivity contribution < 1.29 is 0 Å². The molecule has 0 unspecified atom stereocenters. The maximum atomic E-state index is 3.45. The molecule has 0 radical (unpaired) electrons. The zero-order valence-corrected chi connectivity index (χ0v) is 10.2. The summed E-state index contributed by atoms with van der Waals surface area (Å²) in [6.07, 6.45) is 7.00. The Balaban J connectivity index is 1.89. The van der Waals surface area contributed by atoms with E-state index in [1.807, 2.05) is 7.05 Å². The van der Waals surface area contributed by atoms with Crippen LogP contribution in [0.15, 0.2) is 0 Å². The molecule has 0 aromatic rings. The molecule has 2 N–H and O–H groups in total. The summed E-state index contributed by atoms with van der Waals surface area (Å²) in [6, 6.07) is 0. The zero-order valence-electron chi connectivity index (χ0n) is 10.2. The number of nitrogens with one attached hydrogen (secondary N) is 2. The van der Waals surface area contributed by atoms with Gasteiger partial charge in [0.1, 0.15) is 0 Å². The van der Waals surface area contributed by atoms with Crippen LogP contribution in [0.2, 0.25) is 0 Å². The number of likely N-dealkylation sites (N-methyl/N-ethyl adjacent to an activating group) is 1. The molecule has 0 aromatic carbocycles. The number of likely N-dealkylation sites (tertiary alicyclic amines) is 1. The summed E-state index contributed by atoms with van der Waals surface area (Å²) in [5.41, 5.74) is 0. The third kappa shape index (κ3) is 6.88. The lowest BCUT2D eigenvalue weighted by Crippen LogP contribution is -2.30. The highest BCUT2D eigenvalue weighted by molar-refractivity contribution is 4.63. The van der Waals surface area contributed by atoms with E-state index in [1.54, 1.807) is 0 Å². The molecule has 0 bridgehead atoms. The van der Waals surface area contributed by atoms with Gasteiger partial charge in [0.05, 0.1) is 0 Å². The first-order valence-electron chi connectivity index (χ1n) is 6.51. The van der Waals surface area contributed by atoms with Crippen molar-refractivity contribution in [3.63, 3.8) is 0 Å². The molecule has 0 atom stereocenters. The highest BCUT2D eigenvalue weighted by Crippen LogP contribution is 2.09. The second-order valence-electron chi connectivity index (χ2n) is 4.46. The summed E-state index contributed by atoms with van der Waals surface area (Å²) < 4.78 is 0. The van der Waals surface area contributed by atoms with Gasteiger partial charge in [0.2, 0.25) is 0 Å². The monoisotopic (exact) mass is 213 g/mol. The fraction of sp³-hybridized carbons (Fsp3) is 1.00. The van der Waals surface area contributed by atoms with E-state index in [0.29, 0.717) is 0 Å². The predicted molar refractivity (Wildman–Crippen MR) is 66.3 cm³/mol. The molecular weight excluding hydrogens is 186 g/mol. The van der Waals surface area contributed by atoms with Crippen LogP contribution in [0.25, 0.3) is 0 Å². The molecule has 0 aliphatic carbocycles. The Hall–Kier alpha value is -0.120. The Morgan fingerprint density at radius 1 is 0.933 bits per heavy atom. The van der Waals surface area contributed by atoms with E-state index in [-0.39, 0.29) is 0 Å². The van der Waals surface area contributed by atoms with Gasteiger partial charge in [-0.25, -0.2) is 0 Å². The first-order valence-corrected chi connectivity index (χ1v) is 6.51. The highest BCUT2D eigenvalue weighted by Gasteiger charge is 2.07. The number of rotatable bonds is 7. The highest BCUT2D eigenvalue weighted by atomic mass is 15.1. The molecule has 1 fully saturated rings. The lowest BCUT2D eigenvalue weighted by molar-refractivity contribution is 0.280. The van der Waals surface area contributed by atoms with E-state index < -0.39 is 0 Å². The standard InChI is InChI=1S/C12H27N3/c1-13-8-9-14-7-6-12-15-10-4-2-3-5-11-15/h13-14H,2-12H2,1H3. The third-order valence-corrected chi connectivity index (χ3v) is 3.08. The predicted octanol–water partition coefficient (Wildman–Crippen LogP) is 1.06. The van der Waals surface area contributed by atoms with Crippen LogP contribution in [0.5, 0.6) is 0 Å². The van der Waals surface area contributed by atoms with Crippen LogP contribution in [0.4, 0.5) is 0 Å². The fourth-order valence-corrected chi connectivity index (χ4v) is 2.13. The lowest BCUT2D eigenvalue weighted by atomic mass is 10.2. The zero-order chi connectivity index (χ0) is 10.8. The number of hydrogen-bond donors (Lipinski definition) is 2. The van der Waals surface area contributed by atoms with Gasteiger partial charge in [-0.2, -0.15) is 0 Å². The summed E-state index contributed by atoms with van der Waals surface area (Å²) in [5, 5.41) is 6.60. The number of nitrogens with zero attached hydrogens (tertiary/aromatic N) is 1. The first-order chi connectivity index (χ1) is 7.43. The van der Waals surface area contributed by atoms with E-state index in [4.69, 9.17) is 0 Å². The lowest BCUT2D eigenvalue weighted by Gasteiger charge is -2.19. The van der Waals surface area contributed by atoms with Gasteiger partial charge in [0.15, 0.2) is 0 Å². The Morgan fingerprint density at radius 2 is 1.67 bits per heavy atom. The van der Waals surface area contributed by atoms with Crippen molar-refractivity contribution in [3.8, 4) is 0 Å². The quantitative estimate of drug-likeness (QED) is 0.619. The summed E-state index contributed by atoms with van der Waals surface area (Å²) >= 11 is 0. The van der Waals surface area contributed by atoms with E-state index in [9.17, 15) is 0 Å². The van der Waals surface area contributed by atoms with Crippen molar-refractivity contribution in [2.75, 3.05) is 46.3 Å². The normalized spacial score (nSPS) is 19.0. The van der Waals surface area contributed by atoms with Gasteiger partial charge in [0.25, 0.3) is 0 Å². The van der Waals surface area contributed by atoms with E-state index in [0.717, 1.165) is 19.6 Å². The molecule has 1 rings (SSSR count). The molecule has 1 heterocycles. The Kier molecular flexibility index (Phi) is 7.88. The van der Waals surface area contributed by atoms with Crippen LogP contribution in [-0.2, 0) is 0 Å². The molecule has 3 heteroatoms. The van der Waals surface area contributed by atoms with Crippen LogP contribution in [0.1, 0.15) is 32.1 Å². The third-order valence-electron chi connectivity index (χ3n) is 3.08. The maximum absolute atomic E-state index is 3.45. The van der Waals surface area contributed by atoms with Crippen molar-refractivity contribution in [1.29, 1.82) is 0 Å². The Bertz CT molecular complexity index is 131. The Labute approximate surface area is 94.6 Å². The van der Waals surface area contributed by atoms with Gasteiger partial charge in [0, 0.05) is 13.1 Å². The second-order valence-corrected chi connectivity index (χ2v) is 4.46. The van der Waals surface area contributed by atoms with Gasteiger partial charge >= 0.3 is 0 Å². The summed E-state index contributed by atoms with van der Waals surface area (Å²) in [4.78, 5) is 2.63. The SMILES string of the molecule is CNCCNCCCN1CCCCCC1. The molecule has 1 aliphatic heterocycles. The molecule has 0 spiro atoms. The average molecular weight is 213 g/mol. The van der Waals surface area contributed by atoms with Gasteiger partial charge < -0.3 is 15.5 Å². The van der Waals surface area contributed by atoms with Crippen LogP contribution >= 0.6 is 0 Å². The van der Waals surface area contributed by atoms with Crippen LogP contribution in [0.3, 0.4) is 0 Å². The molecule has 1 saturated heterocycles. The molecule has 90 valence electrons. The van der Waals surface area contributed by atoms with E-state index in [1.165, 1.54) is 51.7 Å².